The predicted molar refractivity (Wildman–Crippen MR) is 88.0 cm³/mol. The molecule has 118 valence electrons. The molecule has 4 atom stereocenters. The van der Waals surface area contributed by atoms with Crippen LogP contribution in [0, 0.1) is 17.8 Å². The zero-order valence-electron chi connectivity index (χ0n) is 14.0. The van der Waals surface area contributed by atoms with Gasteiger partial charge in [-0.05, 0) is 69.4 Å². The predicted octanol–water partition coefficient (Wildman–Crippen LogP) is 3.91. The standard InChI is InChI=1S/C18H36N2/c1-4-6-16-9-11-20(13-16)14-17-12-15(3)7-8-18(17)19-10-5-2/h15-19H,4-14H2,1-3H3. The molecular formula is C18H36N2. The SMILES string of the molecule is CCCNC1CCC(C)CC1CN1CCC(CCC)C1. The Morgan fingerprint density at radius 1 is 1.10 bits per heavy atom. The first-order valence-corrected chi connectivity index (χ1v) is 9.18. The Bertz CT molecular complexity index is 264. The minimum Gasteiger partial charge on any atom is -0.314 e. The molecule has 2 aliphatic rings. The summed E-state index contributed by atoms with van der Waals surface area (Å²) < 4.78 is 0. The maximum absolute atomic E-state index is 3.83. The van der Waals surface area contributed by atoms with Gasteiger partial charge in [0.2, 0.25) is 0 Å². The molecule has 1 aliphatic heterocycles. The van der Waals surface area contributed by atoms with E-state index in [4.69, 9.17) is 0 Å². The number of hydrogen-bond acceptors (Lipinski definition) is 2. The van der Waals surface area contributed by atoms with Gasteiger partial charge in [-0.15, -0.1) is 0 Å². The van der Waals surface area contributed by atoms with E-state index in [1.54, 1.807) is 0 Å². The summed E-state index contributed by atoms with van der Waals surface area (Å²) in [7, 11) is 0. The second kappa shape index (κ2) is 8.38. The molecule has 0 radical (unpaired) electrons. The van der Waals surface area contributed by atoms with E-state index in [9.17, 15) is 0 Å². The molecule has 2 heteroatoms. The summed E-state index contributed by atoms with van der Waals surface area (Å²) in [4.78, 5) is 2.77. The molecule has 0 amide bonds. The lowest BCUT2D eigenvalue weighted by Gasteiger charge is -2.37. The van der Waals surface area contributed by atoms with E-state index in [2.05, 4.69) is 31.0 Å². The van der Waals surface area contributed by atoms with Crippen LogP contribution in [0.4, 0.5) is 0 Å². The first-order valence-electron chi connectivity index (χ1n) is 9.18. The number of hydrogen-bond donors (Lipinski definition) is 1. The molecule has 2 rings (SSSR count). The molecule has 1 saturated carbocycles. The minimum absolute atomic E-state index is 0.788. The summed E-state index contributed by atoms with van der Waals surface area (Å²) in [5.41, 5.74) is 0. The molecular weight excluding hydrogens is 244 g/mol. The molecule has 0 bridgehead atoms. The molecule has 0 aromatic carbocycles. The topological polar surface area (TPSA) is 15.3 Å². The Kier molecular flexibility index (Phi) is 6.83. The van der Waals surface area contributed by atoms with E-state index in [1.807, 2.05) is 0 Å². The van der Waals surface area contributed by atoms with E-state index in [0.29, 0.717) is 0 Å². The number of nitrogens with one attached hydrogen (secondary N) is 1. The van der Waals surface area contributed by atoms with Gasteiger partial charge >= 0.3 is 0 Å². The number of likely N-dealkylation sites (tertiary alicyclic amines) is 1. The van der Waals surface area contributed by atoms with Gasteiger partial charge < -0.3 is 10.2 Å². The highest BCUT2D eigenvalue weighted by Crippen LogP contribution is 2.31. The second-order valence-electron chi connectivity index (χ2n) is 7.44. The van der Waals surface area contributed by atoms with E-state index in [1.165, 1.54) is 71.1 Å². The molecule has 2 nitrogen and oxygen atoms in total. The molecule has 1 aliphatic carbocycles. The maximum Gasteiger partial charge on any atom is 0.0108 e. The van der Waals surface area contributed by atoms with Crippen LogP contribution in [0.3, 0.4) is 0 Å². The Morgan fingerprint density at radius 3 is 2.70 bits per heavy atom. The van der Waals surface area contributed by atoms with Crippen LogP contribution in [0.2, 0.25) is 0 Å². The van der Waals surface area contributed by atoms with Gasteiger partial charge in [-0.3, -0.25) is 0 Å². The van der Waals surface area contributed by atoms with Crippen LogP contribution in [-0.4, -0.2) is 37.1 Å². The van der Waals surface area contributed by atoms with Crippen LogP contribution in [0.25, 0.3) is 0 Å². The van der Waals surface area contributed by atoms with Crippen molar-refractivity contribution in [1.82, 2.24) is 10.2 Å². The molecule has 20 heavy (non-hydrogen) atoms. The Morgan fingerprint density at radius 2 is 1.95 bits per heavy atom. The third-order valence-corrected chi connectivity index (χ3v) is 5.46. The highest BCUT2D eigenvalue weighted by molar-refractivity contribution is 4.87. The summed E-state index contributed by atoms with van der Waals surface area (Å²) in [6.07, 6.45) is 9.78. The largest absolute Gasteiger partial charge is 0.314 e. The summed E-state index contributed by atoms with van der Waals surface area (Å²) >= 11 is 0. The first-order chi connectivity index (χ1) is 9.72. The maximum atomic E-state index is 3.83. The molecule has 0 spiro atoms. The first kappa shape index (κ1) is 16.3. The van der Waals surface area contributed by atoms with E-state index in [-0.39, 0.29) is 0 Å². The molecule has 0 aromatic rings. The van der Waals surface area contributed by atoms with Gasteiger partial charge in [0.15, 0.2) is 0 Å². The third kappa shape index (κ3) is 4.73. The molecule has 1 saturated heterocycles. The lowest BCUT2D eigenvalue weighted by atomic mass is 9.78. The van der Waals surface area contributed by atoms with Crippen molar-refractivity contribution in [3.05, 3.63) is 0 Å². The second-order valence-corrected chi connectivity index (χ2v) is 7.44. The smallest absolute Gasteiger partial charge is 0.0108 e. The molecule has 1 heterocycles. The third-order valence-electron chi connectivity index (χ3n) is 5.46. The van der Waals surface area contributed by atoms with Gasteiger partial charge in [-0.2, -0.15) is 0 Å². The Labute approximate surface area is 126 Å². The van der Waals surface area contributed by atoms with Crippen molar-refractivity contribution in [3.8, 4) is 0 Å². The number of nitrogens with zero attached hydrogens (tertiary/aromatic N) is 1. The van der Waals surface area contributed by atoms with Crippen molar-refractivity contribution in [2.45, 2.75) is 71.8 Å². The highest BCUT2D eigenvalue weighted by atomic mass is 15.2. The van der Waals surface area contributed by atoms with Crippen molar-refractivity contribution in [2.24, 2.45) is 17.8 Å². The molecule has 4 unspecified atom stereocenters. The van der Waals surface area contributed by atoms with Crippen LogP contribution in [0.1, 0.15) is 65.7 Å². The fraction of sp³-hybridized carbons (Fsp3) is 1.00. The zero-order chi connectivity index (χ0) is 14.4. The van der Waals surface area contributed by atoms with Gasteiger partial charge in [0.1, 0.15) is 0 Å². The quantitative estimate of drug-likeness (QED) is 0.760. The monoisotopic (exact) mass is 280 g/mol. The molecule has 0 aromatic heterocycles. The summed E-state index contributed by atoms with van der Waals surface area (Å²) in [5.74, 6) is 2.82. The van der Waals surface area contributed by atoms with E-state index in [0.717, 1.165) is 23.8 Å². The normalized spacial score (nSPS) is 35.5. The van der Waals surface area contributed by atoms with Crippen LogP contribution < -0.4 is 5.32 Å². The lowest BCUT2D eigenvalue weighted by Crippen LogP contribution is -2.45. The van der Waals surface area contributed by atoms with Crippen molar-refractivity contribution in [3.63, 3.8) is 0 Å². The van der Waals surface area contributed by atoms with Gasteiger partial charge in [-0.1, -0.05) is 27.2 Å². The summed E-state index contributed by atoms with van der Waals surface area (Å²) in [6, 6.07) is 0.788. The van der Waals surface area contributed by atoms with E-state index >= 15 is 0 Å². The van der Waals surface area contributed by atoms with Crippen LogP contribution >= 0.6 is 0 Å². The Hall–Kier alpha value is -0.0800. The van der Waals surface area contributed by atoms with E-state index < -0.39 is 0 Å². The summed E-state index contributed by atoms with van der Waals surface area (Å²) in [6.45, 7) is 12.3. The Balaban J connectivity index is 1.81. The summed E-state index contributed by atoms with van der Waals surface area (Å²) in [5, 5.41) is 3.83. The minimum atomic E-state index is 0.788. The van der Waals surface area contributed by atoms with Crippen LogP contribution in [0.5, 0.6) is 0 Å². The van der Waals surface area contributed by atoms with Crippen molar-refractivity contribution < 1.29 is 0 Å². The van der Waals surface area contributed by atoms with Gasteiger partial charge in [0.25, 0.3) is 0 Å². The van der Waals surface area contributed by atoms with Crippen molar-refractivity contribution in [1.29, 1.82) is 0 Å². The van der Waals surface area contributed by atoms with Crippen molar-refractivity contribution >= 4 is 0 Å². The van der Waals surface area contributed by atoms with Crippen LogP contribution in [0.15, 0.2) is 0 Å². The van der Waals surface area contributed by atoms with Crippen molar-refractivity contribution in [2.75, 3.05) is 26.2 Å². The average Bonchev–Trinajstić information content (AvgIpc) is 2.86. The highest BCUT2D eigenvalue weighted by Gasteiger charge is 2.31. The molecule has 2 fully saturated rings. The zero-order valence-corrected chi connectivity index (χ0v) is 14.0. The average molecular weight is 280 g/mol. The van der Waals surface area contributed by atoms with Crippen LogP contribution in [-0.2, 0) is 0 Å². The lowest BCUT2D eigenvalue weighted by molar-refractivity contribution is 0.157. The molecule has 1 N–H and O–H groups in total. The number of rotatable bonds is 7. The fourth-order valence-corrected chi connectivity index (χ4v) is 4.35. The van der Waals surface area contributed by atoms with Gasteiger partial charge in [0, 0.05) is 19.1 Å². The van der Waals surface area contributed by atoms with Gasteiger partial charge in [0.05, 0.1) is 0 Å². The van der Waals surface area contributed by atoms with Gasteiger partial charge in [-0.25, -0.2) is 0 Å². The fourth-order valence-electron chi connectivity index (χ4n) is 4.35.